The van der Waals surface area contributed by atoms with Crippen molar-refractivity contribution >= 4 is 0 Å². The lowest BCUT2D eigenvalue weighted by atomic mass is 10.3. The number of aromatic nitrogens is 1. The minimum absolute atomic E-state index is 0.395. The van der Waals surface area contributed by atoms with Gasteiger partial charge in [0.25, 0.3) is 0 Å². The van der Waals surface area contributed by atoms with E-state index in [0.29, 0.717) is 12.7 Å². The van der Waals surface area contributed by atoms with Crippen LogP contribution in [-0.2, 0) is 11.3 Å². The van der Waals surface area contributed by atoms with Gasteiger partial charge in [-0.25, -0.2) is 0 Å². The summed E-state index contributed by atoms with van der Waals surface area (Å²) in [5.41, 5.74) is 1.02. The summed E-state index contributed by atoms with van der Waals surface area (Å²) in [5.74, 6) is 0. The van der Waals surface area contributed by atoms with Crippen molar-refractivity contribution in [1.82, 2.24) is 9.88 Å². The summed E-state index contributed by atoms with van der Waals surface area (Å²) < 4.78 is 5.82. The Bertz CT molecular complexity index is 290. The Morgan fingerprint density at radius 3 is 2.53 bits per heavy atom. The van der Waals surface area contributed by atoms with Crippen LogP contribution in [0.3, 0.4) is 0 Å². The number of likely N-dealkylation sites (N-methyl/N-ethyl adjacent to an activating group) is 1. The summed E-state index contributed by atoms with van der Waals surface area (Å²) in [6.45, 7) is 14.2. The maximum Gasteiger partial charge on any atom is 0.0892 e. The van der Waals surface area contributed by atoms with Crippen LogP contribution in [0.25, 0.3) is 0 Å². The molecule has 1 aromatic heterocycles. The minimum atomic E-state index is 0.395. The first kappa shape index (κ1) is 18.1. The number of pyridine rings is 1. The molecule has 2 rings (SSSR count). The molecule has 0 aromatic carbocycles. The summed E-state index contributed by atoms with van der Waals surface area (Å²) >= 11 is 0. The van der Waals surface area contributed by atoms with Crippen LogP contribution < -0.4 is 0 Å². The Kier molecular flexibility index (Phi) is 11.5. The summed E-state index contributed by atoms with van der Waals surface area (Å²) in [6.07, 6.45) is 3.36. The highest BCUT2D eigenvalue weighted by Crippen LogP contribution is 2.13. The number of rotatable bonds is 4. The number of ether oxygens (including phenoxy) is 1. The van der Waals surface area contributed by atoms with Crippen molar-refractivity contribution in [3.63, 3.8) is 0 Å². The van der Waals surface area contributed by atoms with Crippen molar-refractivity contribution < 1.29 is 4.74 Å². The average molecular weight is 266 g/mol. The fourth-order valence-electron chi connectivity index (χ4n) is 1.91. The van der Waals surface area contributed by atoms with Gasteiger partial charge in [0.05, 0.1) is 18.4 Å². The van der Waals surface area contributed by atoms with Gasteiger partial charge in [-0.3, -0.25) is 4.98 Å². The Balaban J connectivity index is 0.000000741. The lowest BCUT2D eigenvalue weighted by molar-refractivity contribution is 0.0452. The lowest BCUT2D eigenvalue weighted by Crippen LogP contribution is -2.22. The van der Waals surface area contributed by atoms with Crippen LogP contribution in [-0.4, -0.2) is 35.6 Å². The Labute approximate surface area is 119 Å². The predicted octanol–water partition coefficient (Wildman–Crippen LogP) is 3.74. The van der Waals surface area contributed by atoms with Crippen LogP contribution >= 0.6 is 0 Å². The molecule has 0 N–H and O–H groups in total. The van der Waals surface area contributed by atoms with Gasteiger partial charge in [-0.15, -0.1) is 0 Å². The van der Waals surface area contributed by atoms with Crippen LogP contribution in [0.4, 0.5) is 0 Å². The molecular weight excluding hydrogens is 236 g/mol. The van der Waals surface area contributed by atoms with Gasteiger partial charge in [0.15, 0.2) is 0 Å². The second-order valence-corrected chi connectivity index (χ2v) is 3.94. The zero-order chi connectivity index (χ0) is 14.5. The van der Waals surface area contributed by atoms with E-state index >= 15 is 0 Å². The number of hydrogen-bond donors (Lipinski definition) is 0. The van der Waals surface area contributed by atoms with Crippen LogP contribution in [0.1, 0.15) is 46.7 Å². The van der Waals surface area contributed by atoms with E-state index in [9.17, 15) is 0 Å². The fourth-order valence-corrected chi connectivity index (χ4v) is 1.91. The third-order valence-corrected chi connectivity index (χ3v) is 2.87. The molecule has 1 unspecified atom stereocenters. The molecule has 0 bridgehead atoms. The molecule has 19 heavy (non-hydrogen) atoms. The molecule has 3 nitrogen and oxygen atoms in total. The molecule has 1 fully saturated rings. The summed E-state index contributed by atoms with van der Waals surface area (Å²) in [7, 11) is 0. The van der Waals surface area contributed by atoms with Crippen molar-refractivity contribution in [3.05, 3.63) is 30.1 Å². The third-order valence-electron chi connectivity index (χ3n) is 2.87. The minimum Gasteiger partial charge on any atom is -0.371 e. The van der Waals surface area contributed by atoms with Gasteiger partial charge >= 0.3 is 0 Å². The first-order valence-corrected chi connectivity index (χ1v) is 7.62. The van der Waals surface area contributed by atoms with Crippen molar-refractivity contribution in [2.24, 2.45) is 0 Å². The molecule has 1 aromatic rings. The maximum absolute atomic E-state index is 5.82. The van der Waals surface area contributed by atoms with Crippen LogP contribution in [0, 0.1) is 0 Å². The predicted molar refractivity (Wildman–Crippen MR) is 82.2 cm³/mol. The highest BCUT2D eigenvalue weighted by atomic mass is 16.5. The van der Waals surface area contributed by atoms with Crippen LogP contribution in [0.5, 0.6) is 0 Å². The summed E-state index contributed by atoms with van der Waals surface area (Å²) in [4.78, 5) is 6.66. The zero-order valence-corrected chi connectivity index (χ0v) is 13.2. The van der Waals surface area contributed by atoms with Gasteiger partial charge in [0.2, 0.25) is 0 Å². The average Bonchev–Trinajstić information content (AvgIpc) is 2.98. The highest BCUT2D eigenvalue weighted by molar-refractivity contribution is 5.02. The Morgan fingerprint density at radius 1 is 1.26 bits per heavy atom. The van der Waals surface area contributed by atoms with E-state index in [0.717, 1.165) is 25.2 Å². The zero-order valence-electron chi connectivity index (χ0n) is 13.2. The van der Waals surface area contributed by atoms with Crippen LogP contribution in [0.2, 0.25) is 0 Å². The van der Waals surface area contributed by atoms with Gasteiger partial charge in [-0.1, -0.05) is 40.7 Å². The molecule has 2 heterocycles. The fraction of sp³-hybridized carbons (Fsp3) is 0.688. The lowest BCUT2D eigenvalue weighted by Gasteiger charge is -2.13. The van der Waals surface area contributed by atoms with E-state index < -0.39 is 0 Å². The van der Waals surface area contributed by atoms with Gasteiger partial charge < -0.3 is 9.64 Å². The molecule has 1 aliphatic heterocycles. The standard InChI is InChI=1S/C12H18N2O.2C2H6/c1-2-14-8-6-12(9-14)15-10-11-5-3-4-7-13-11;2*1-2/h3-5,7,12H,2,6,8-10H2,1H3;2*1-2H3. The van der Waals surface area contributed by atoms with E-state index in [1.165, 1.54) is 6.54 Å². The van der Waals surface area contributed by atoms with E-state index in [1.54, 1.807) is 0 Å². The van der Waals surface area contributed by atoms with E-state index in [-0.39, 0.29) is 0 Å². The number of likely N-dealkylation sites (tertiary alicyclic amines) is 1. The first-order chi connectivity index (χ1) is 9.38. The van der Waals surface area contributed by atoms with E-state index in [2.05, 4.69) is 16.8 Å². The molecule has 0 aliphatic carbocycles. The molecule has 0 amide bonds. The van der Waals surface area contributed by atoms with Crippen molar-refractivity contribution in [2.75, 3.05) is 19.6 Å². The Hall–Kier alpha value is -0.930. The van der Waals surface area contributed by atoms with Crippen molar-refractivity contribution in [2.45, 2.75) is 53.8 Å². The second kappa shape index (κ2) is 12.1. The SMILES string of the molecule is CC.CC.CCN1CCC(OCc2ccccn2)C1. The number of hydrogen-bond acceptors (Lipinski definition) is 3. The molecule has 110 valence electrons. The van der Waals surface area contributed by atoms with Gasteiger partial charge in [0, 0.05) is 19.3 Å². The molecule has 1 atom stereocenters. The van der Waals surface area contributed by atoms with Crippen LogP contribution in [0.15, 0.2) is 24.4 Å². The molecule has 0 radical (unpaired) electrons. The summed E-state index contributed by atoms with van der Waals surface area (Å²) in [5, 5.41) is 0. The van der Waals surface area contributed by atoms with Gasteiger partial charge in [-0.05, 0) is 25.1 Å². The molecule has 3 heteroatoms. The Morgan fingerprint density at radius 2 is 2.00 bits per heavy atom. The normalized spacial score (nSPS) is 18.1. The molecule has 1 aliphatic rings. The smallest absolute Gasteiger partial charge is 0.0892 e. The van der Waals surface area contributed by atoms with Crippen molar-refractivity contribution in [3.8, 4) is 0 Å². The van der Waals surface area contributed by atoms with Crippen molar-refractivity contribution in [1.29, 1.82) is 0 Å². The largest absolute Gasteiger partial charge is 0.371 e. The molecule has 1 saturated heterocycles. The van der Waals surface area contributed by atoms with Gasteiger partial charge in [0.1, 0.15) is 0 Å². The second-order valence-electron chi connectivity index (χ2n) is 3.94. The van der Waals surface area contributed by atoms with E-state index in [4.69, 9.17) is 4.74 Å². The topological polar surface area (TPSA) is 25.4 Å². The van der Waals surface area contributed by atoms with Gasteiger partial charge in [-0.2, -0.15) is 0 Å². The number of nitrogens with zero attached hydrogens (tertiary/aromatic N) is 2. The van der Waals surface area contributed by atoms with E-state index in [1.807, 2.05) is 52.1 Å². The first-order valence-electron chi connectivity index (χ1n) is 7.62. The quantitative estimate of drug-likeness (QED) is 0.830. The monoisotopic (exact) mass is 266 g/mol. The molecular formula is C16H30N2O. The summed E-state index contributed by atoms with van der Waals surface area (Å²) in [6, 6.07) is 5.93. The maximum atomic E-state index is 5.82. The molecule has 0 saturated carbocycles. The molecule has 0 spiro atoms. The highest BCUT2D eigenvalue weighted by Gasteiger charge is 2.21. The third kappa shape index (κ3) is 7.28.